The Morgan fingerprint density at radius 1 is 1.38 bits per heavy atom. The second kappa shape index (κ2) is 6.99. The van der Waals surface area contributed by atoms with E-state index < -0.39 is 22.0 Å². The van der Waals surface area contributed by atoms with Crippen molar-refractivity contribution in [1.82, 2.24) is 14.6 Å². The zero-order valence-corrected chi connectivity index (χ0v) is 12.3. The summed E-state index contributed by atoms with van der Waals surface area (Å²) in [5.74, 6) is -1.53. The van der Waals surface area contributed by atoms with Crippen LogP contribution in [0.2, 0.25) is 0 Å². The van der Waals surface area contributed by atoms with Crippen LogP contribution in [0, 0.1) is 0 Å². The van der Waals surface area contributed by atoms with Crippen LogP contribution in [0.1, 0.15) is 10.5 Å². The molecule has 1 aromatic heterocycles. The van der Waals surface area contributed by atoms with E-state index >= 15 is 0 Å². The lowest BCUT2D eigenvalue weighted by Gasteiger charge is -2.12. The Morgan fingerprint density at radius 2 is 2.05 bits per heavy atom. The van der Waals surface area contributed by atoms with Gasteiger partial charge in [-0.2, -0.15) is 0 Å². The van der Waals surface area contributed by atoms with Crippen LogP contribution >= 0.6 is 0 Å². The number of pyridine rings is 1. The van der Waals surface area contributed by atoms with Gasteiger partial charge in [0.2, 0.25) is 10.0 Å². The monoisotopic (exact) mass is 316 g/mol. The van der Waals surface area contributed by atoms with Gasteiger partial charge in [0, 0.05) is 26.8 Å². The molecule has 10 heteroatoms. The third-order valence-corrected chi connectivity index (χ3v) is 4.29. The lowest BCUT2D eigenvalue weighted by molar-refractivity contribution is 0.0691. The number of rotatable bonds is 6. The number of nitrogens with one attached hydrogen (secondary N) is 2. The van der Waals surface area contributed by atoms with E-state index in [0.29, 0.717) is 0 Å². The number of urea groups is 1. The summed E-state index contributed by atoms with van der Waals surface area (Å²) >= 11 is 0. The van der Waals surface area contributed by atoms with Gasteiger partial charge in [-0.25, -0.2) is 27.3 Å². The van der Waals surface area contributed by atoms with E-state index in [1.165, 1.54) is 32.4 Å². The van der Waals surface area contributed by atoms with Crippen LogP contribution in [0.15, 0.2) is 18.3 Å². The van der Waals surface area contributed by atoms with Crippen molar-refractivity contribution in [2.45, 2.75) is 0 Å². The maximum atomic E-state index is 11.6. The van der Waals surface area contributed by atoms with Crippen LogP contribution < -0.4 is 10.6 Å². The van der Waals surface area contributed by atoms with E-state index in [1.54, 1.807) is 0 Å². The first kappa shape index (κ1) is 16.9. The SMILES string of the molecule is CN(C)S(=O)(=O)CCNC(=O)Nc1cccnc1C(=O)O. The van der Waals surface area contributed by atoms with Gasteiger partial charge in [-0.1, -0.05) is 0 Å². The normalized spacial score (nSPS) is 11.2. The zero-order valence-electron chi connectivity index (χ0n) is 11.5. The molecule has 3 N–H and O–H groups in total. The van der Waals surface area contributed by atoms with Gasteiger partial charge < -0.3 is 15.7 Å². The largest absolute Gasteiger partial charge is 0.476 e. The van der Waals surface area contributed by atoms with Crippen LogP contribution in [-0.4, -0.2) is 61.2 Å². The van der Waals surface area contributed by atoms with Crippen LogP contribution in [0.3, 0.4) is 0 Å². The number of carbonyl (C=O) groups is 2. The Kier molecular flexibility index (Phi) is 5.61. The fourth-order valence-electron chi connectivity index (χ4n) is 1.32. The minimum atomic E-state index is -3.40. The Hall–Kier alpha value is -2.20. The summed E-state index contributed by atoms with van der Waals surface area (Å²) in [5.41, 5.74) is -0.272. The number of aromatic nitrogens is 1. The van der Waals surface area contributed by atoms with Crippen molar-refractivity contribution in [3.63, 3.8) is 0 Å². The Morgan fingerprint density at radius 3 is 2.62 bits per heavy atom. The molecule has 0 saturated carbocycles. The number of anilines is 1. The fraction of sp³-hybridized carbons (Fsp3) is 0.364. The van der Waals surface area contributed by atoms with Crippen molar-refractivity contribution in [2.24, 2.45) is 0 Å². The average Bonchev–Trinajstić information content (AvgIpc) is 2.38. The fourth-order valence-corrected chi connectivity index (χ4v) is 2.04. The van der Waals surface area contributed by atoms with Gasteiger partial charge in [0.1, 0.15) is 0 Å². The summed E-state index contributed by atoms with van der Waals surface area (Å²) in [5, 5.41) is 13.5. The first-order valence-corrected chi connectivity index (χ1v) is 7.48. The van der Waals surface area contributed by atoms with Crippen LogP contribution in [0.25, 0.3) is 0 Å². The molecule has 0 saturated heterocycles. The van der Waals surface area contributed by atoms with Gasteiger partial charge >= 0.3 is 12.0 Å². The third kappa shape index (κ3) is 5.00. The number of hydrogen-bond acceptors (Lipinski definition) is 5. The van der Waals surface area contributed by atoms with Crippen molar-refractivity contribution in [2.75, 3.05) is 31.7 Å². The number of carboxylic acids is 1. The van der Waals surface area contributed by atoms with Crippen LogP contribution in [-0.2, 0) is 10.0 Å². The predicted molar refractivity (Wildman–Crippen MR) is 75.7 cm³/mol. The second-order valence-corrected chi connectivity index (χ2v) is 6.49. The molecule has 2 amide bonds. The highest BCUT2D eigenvalue weighted by Crippen LogP contribution is 2.11. The number of hydrogen-bond donors (Lipinski definition) is 3. The third-order valence-electron chi connectivity index (χ3n) is 2.46. The molecule has 0 aliphatic heterocycles. The summed E-state index contributed by atoms with van der Waals surface area (Å²) in [7, 11) is -0.618. The molecule has 21 heavy (non-hydrogen) atoms. The summed E-state index contributed by atoms with van der Waals surface area (Å²) in [6, 6.07) is 2.14. The summed E-state index contributed by atoms with van der Waals surface area (Å²) in [4.78, 5) is 26.1. The summed E-state index contributed by atoms with van der Waals surface area (Å²) in [6.45, 7) is -0.102. The van der Waals surface area contributed by atoms with Crippen molar-refractivity contribution in [3.8, 4) is 0 Å². The number of aromatic carboxylic acids is 1. The minimum absolute atomic E-state index is 0.0259. The minimum Gasteiger partial charge on any atom is -0.476 e. The number of carbonyl (C=O) groups excluding carboxylic acids is 1. The van der Waals surface area contributed by atoms with E-state index in [4.69, 9.17) is 5.11 Å². The predicted octanol–water partition coefficient (Wildman–Crippen LogP) is -0.207. The lowest BCUT2D eigenvalue weighted by Crippen LogP contribution is -2.36. The van der Waals surface area contributed by atoms with Gasteiger partial charge in [0.25, 0.3) is 0 Å². The average molecular weight is 316 g/mol. The van der Waals surface area contributed by atoms with E-state index in [1.807, 2.05) is 0 Å². The molecular formula is C11H16N4O5S. The standard InChI is InChI=1S/C11H16N4O5S/c1-15(2)21(19,20)7-6-13-11(18)14-8-4-3-5-12-9(8)10(16)17/h3-5H,6-7H2,1-2H3,(H,16,17)(H2,13,14,18). The number of amides is 2. The van der Waals surface area contributed by atoms with Gasteiger partial charge in [0.05, 0.1) is 11.4 Å². The molecule has 1 aromatic rings. The van der Waals surface area contributed by atoms with Crippen LogP contribution in [0.5, 0.6) is 0 Å². The molecule has 0 radical (unpaired) electrons. The Labute approximate surface area is 122 Å². The smallest absolute Gasteiger partial charge is 0.356 e. The zero-order chi connectivity index (χ0) is 16.0. The highest BCUT2D eigenvalue weighted by molar-refractivity contribution is 7.89. The molecule has 0 bridgehead atoms. The molecule has 0 atom stereocenters. The highest BCUT2D eigenvalue weighted by Gasteiger charge is 2.15. The number of nitrogens with zero attached hydrogens (tertiary/aromatic N) is 2. The molecular weight excluding hydrogens is 300 g/mol. The molecule has 9 nitrogen and oxygen atoms in total. The van der Waals surface area contributed by atoms with Crippen LogP contribution in [0.4, 0.5) is 10.5 Å². The maximum absolute atomic E-state index is 11.6. The van der Waals surface area contributed by atoms with Crippen molar-refractivity contribution in [1.29, 1.82) is 0 Å². The van der Waals surface area contributed by atoms with Crippen molar-refractivity contribution >= 4 is 27.7 Å². The van der Waals surface area contributed by atoms with E-state index in [0.717, 1.165) is 4.31 Å². The second-order valence-electron chi connectivity index (χ2n) is 4.18. The highest BCUT2D eigenvalue weighted by atomic mass is 32.2. The number of sulfonamides is 1. The topological polar surface area (TPSA) is 129 Å². The molecule has 0 aliphatic rings. The van der Waals surface area contributed by atoms with Crippen molar-refractivity contribution in [3.05, 3.63) is 24.0 Å². The Balaban J connectivity index is 2.58. The maximum Gasteiger partial charge on any atom is 0.356 e. The molecule has 0 aromatic carbocycles. The lowest BCUT2D eigenvalue weighted by atomic mass is 10.3. The molecule has 1 heterocycles. The Bertz CT molecular complexity index is 629. The van der Waals surface area contributed by atoms with E-state index in [2.05, 4.69) is 15.6 Å². The molecule has 1 rings (SSSR count). The van der Waals surface area contributed by atoms with Gasteiger partial charge in [0.15, 0.2) is 5.69 Å². The molecule has 0 fully saturated rings. The molecule has 116 valence electrons. The van der Waals surface area contributed by atoms with Gasteiger partial charge in [-0.15, -0.1) is 0 Å². The quantitative estimate of drug-likeness (QED) is 0.666. The molecule has 0 aliphatic carbocycles. The van der Waals surface area contributed by atoms with Gasteiger partial charge in [-0.05, 0) is 12.1 Å². The summed E-state index contributed by atoms with van der Waals surface area (Å²) < 4.78 is 24.0. The summed E-state index contributed by atoms with van der Waals surface area (Å²) in [6.07, 6.45) is 1.29. The van der Waals surface area contributed by atoms with Crippen molar-refractivity contribution < 1.29 is 23.1 Å². The van der Waals surface area contributed by atoms with Gasteiger partial charge in [-0.3, -0.25) is 0 Å². The number of carboxylic acid groups (broad SMARTS) is 1. The van der Waals surface area contributed by atoms with E-state index in [9.17, 15) is 18.0 Å². The molecule has 0 unspecified atom stereocenters. The first-order chi connectivity index (χ1) is 9.74. The first-order valence-electron chi connectivity index (χ1n) is 5.87. The molecule has 0 spiro atoms. The van der Waals surface area contributed by atoms with E-state index in [-0.39, 0.29) is 23.7 Å².